The zero-order chi connectivity index (χ0) is 15.6. The largest absolute Gasteiger partial charge is 0.508 e. The molecule has 0 radical (unpaired) electrons. The number of aromatic hydroxyl groups is 1. The average molecular weight is 331 g/mol. The van der Waals surface area contributed by atoms with Crippen LogP contribution in [0.15, 0.2) is 12.1 Å². The third kappa shape index (κ3) is 3.62. The van der Waals surface area contributed by atoms with Crippen LogP contribution < -0.4 is 5.73 Å². The van der Waals surface area contributed by atoms with Gasteiger partial charge in [-0.1, -0.05) is 30.1 Å². The van der Waals surface area contributed by atoms with Crippen molar-refractivity contribution in [1.29, 1.82) is 0 Å². The molecule has 0 aliphatic carbocycles. The van der Waals surface area contributed by atoms with Crippen molar-refractivity contribution in [2.24, 2.45) is 11.7 Å². The molecule has 21 heavy (non-hydrogen) atoms. The first kappa shape index (κ1) is 16.4. The summed E-state index contributed by atoms with van der Waals surface area (Å²) in [4.78, 5) is 13.5. The van der Waals surface area contributed by atoms with Crippen LogP contribution in [0.1, 0.15) is 37.8 Å². The highest BCUT2D eigenvalue weighted by Crippen LogP contribution is 2.37. The summed E-state index contributed by atoms with van der Waals surface area (Å²) in [6, 6.07) is 2.75. The van der Waals surface area contributed by atoms with Crippen molar-refractivity contribution in [1.82, 2.24) is 4.90 Å². The van der Waals surface area contributed by atoms with Crippen LogP contribution in [-0.2, 0) is 4.79 Å². The van der Waals surface area contributed by atoms with Gasteiger partial charge >= 0.3 is 0 Å². The Hall–Kier alpha value is -0.970. The Kier molecular flexibility index (Phi) is 5.36. The zero-order valence-corrected chi connectivity index (χ0v) is 13.5. The Morgan fingerprint density at radius 2 is 1.95 bits per heavy atom. The second-order valence-electron chi connectivity index (χ2n) is 5.42. The highest BCUT2D eigenvalue weighted by Gasteiger charge is 2.28. The van der Waals surface area contributed by atoms with E-state index in [1.807, 2.05) is 11.8 Å². The van der Waals surface area contributed by atoms with Crippen LogP contribution in [0.4, 0.5) is 0 Å². The van der Waals surface area contributed by atoms with E-state index in [4.69, 9.17) is 28.9 Å². The highest BCUT2D eigenvalue weighted by atomic mass is 35.5. The number of phenolic OH excluding ortho intramolecular Hbond substituents is 1. The molecule has 1 aromatic carbocycles. The quantitative estimate of drug-likeness (QED) is 0.893. The lowest BCUT2D eigenvalue weighted by atomic mass is 9.85. The molecular weight excluding hydrogens is 311 g/mol. The maximum atomic E-state index is 11.7. The van der Waals surface area contributed by atoms with Crippen molar-refractivity contribution in [3.05, 3.63) is 27.7 Å². The number of phenols is 1. The van der Waals surface area contributed by atoms with Gasteiger partial charge in [-0.25, -0.2) is 0 Å². The van der Waals surface area contributed by atoms with Crippen LogP contribution in [0.3, 0.4) is 0 Å². The Morgan fingerprint density at radius 1 is 1.38 bits per heavy atom. The maximum absolute atomic E-state index is 11.7. The summed E-state index contributed by atoms with van der Waals surface area (Å²) in [6.07, 6.45) is 2.18. The zero-order valence-electron chi connectivity index (χ0n) is 12.0. The third-order valence-corrected chi connectivity index (χ3v) is 4.85. The van der Waals surface area contributed by atoms with E-state index in [0.29, 0.717) is 35.1 Å². The van der Waals surface area contributed by atoms with E-state index in [1.54, 1.807) is 6.07 Å². The number of halogens is 2. The Morgan fingerprint density at radius 3 is 2.52 bits per heavy atom. The lowest BCUT2D eigenvalue weighted by Gasteiger charge is -2.35. The summed E-state index contributed by atoms with van der Waals surface area (Å²) in [5.41, 5.74) is 6.89. The first-order valence-electron chi connectivity index (χ1n) is 7.15. The lowest BCUT2D eigenvalue weighted by molar-refractivity contribution is -0.132. The van der Waals surface area contributed by atoms with E-state index in [2.05, 4.69) is 0 Å². The number of nitrogens with zero attached hydrogens (tertiary/aromatic N) is 1. The Labute approximate surface area is 134 Å². The van der Waals surface area contributed by atoms with E-state index in [-0.39, 0.29) is 23.6 Å². The fourth-order valence-electron chi connectivity index (χ4n) is 2.80. The minimum Gasteiger partial charge on any atom is -0.508 e. The van der Waals surface area contributed by atoms with E-state index in [0.717, 1.165) is 12.8 Å². The van der Waals surface area contributed by atoms with Gasteiger partial charge in [0.1, 0.15) is 5.75 Å². The normalized spacial score (nSPS) is 17.8. The summed E-state index contributed by atoms with van der Waals surface area (Å²) in [6.45, 7) is 3.30. The van der Waals surface area contributed by atoms with E-state index in [1.165, 1.54) is 6.07 Å². The number of nitrogens with two attached hydrogens (primary N) is 1. The summed E-state index contributed by atoms with van der Waals surface area (Å²) in [5.74, 6) is 0.470. The molecule has 0 saturated carbocycles. The van der Waals surface area contributed by atoms with Gasteiger partial charge in [-0.15, -0.1) is 0 Å². The highest BCUT2D eigenvalue weighted by molar-refractivity contribution is 6.42. The molecule has 1 amide bonds. The smallest absolute Gasteiger partial charge is 0.222 e. The predicted octanol–water partition coefficient (Wildman–Crippen LogP) is 3.35. The van der Waals surface area contributed by atoms with Gasteiger partial charge in [-0.2, -0.15) is 0 Å². The SMILES string of the molecule is CCC(=O)N1CCC(C(N)c2cc(Cl)c(Cl)cc2O)CC1. The van der Waals surface area contributed by atoms with Gasteiger partial charge in [0.15, 0.2) is 0 Å². The fraction of sp³-hybridized carbons (Fsp3) is 0.533. The molecule has 3 N–H and O–H groups in total. The molecule has 1 saturated heterocycles. The number of likely N-dealkylation sites (tertiary alicyclic amines) is 1. The van der Waals surface area contributed by atoms with Gasteiger partial charge in [0.2, 0.25) is 5.91 Å². The Balaban J connectivity index is 2.07. The standard InChI is InChI=1S/C15H20Cl2N2O2/c1-2-14(21)19-5-3-9(4-6-19)15(18)10-7-11(16)12(17)8-13(10)20/h7-9,15,20H,2-6,18H2,1H3. The summed E-state index contributed by atoms with van der Waals surface area (Å²) >= 11 is 11.9. The molecular formula is C15H20Cl2N2O2. The number of hydrogen-bond acceptors (Lipinski definition) is 3. The number of carbonyl (C=O) groups is 1. The molecule has 1 aliphatic heterocycles. The molecule has 0 spiro atoms. The van der Waals surface area contributed by atoms with Crippen molar-refractivity contribution in [3.63, 3.8) is 0 Å². The number of hydrogen-bond donors (Lipinski definition) is 2. The molecule has 1 aliphatic rings. The maximum Gasteiger partial charge on any atom is 0.222 e. The lowest BCUT2D eigenvalue weighted by Crippen LogP contribution is -2.40. The second kappa shape index (κ2) is 6.86. The van der Waals surface area contributed by atoms with Gasteiger partial charge in [0, 0.05) is 37.2 Å². The van der Waals surface area contributed by atoms with E-state index in [9.17, 15) is 9.90 Å². The molecule has 1 aromatic rings. The summed E-state index contributed by atoms with van der Waals surface area (Å²) in [5, 5.41) is 10.7. The molecule has 0 bridgehead atoms. The van der Waals surface area contributed by atoms with Crippen LogP contribution in [-0.4, -0.2) is 29.0 Å². The van der Waals surface area contributed by atoms with Crippen LogP contribution in [0, 0.1) is 5.92 Å². The second-order valence-corrected chi connectivity index (χ2v) is 6.24. The molecule has 1 heterocycles. The summed E-state index contributed by atoms with van der Waals surface area (Å²) in [7, 11) is 0. The van der Waals surface area contributed by atoms with Crippen LogP contribution in [0.5, 0.6) is 5.75 Å². The van der Waals surface area contributed by atoms with Crippen molar-refractivity contribution in [2.45, 2.75) is 32.2 Å². The first-order valence-corrected chi connectivity index (χ1v) is 7.90. The van der Waals surface area contributed by atoms with Crippen LogP contribution >= 0.6 is 23.2 Å². The molecule has 2 rings (SSSR count). The third-order valence-electron chi connectivity index (χ3n) is 4.13. The van der Waals surface area contributed by atoms with Crippen molar-refractivity contribution in [3.8, 4) is 5.75 Å². The number of rotatable bonds is 3. The fourth-order valence-corrected chi connectivity index (χ4v) is 3.13. The molecule has 116 valence electrons. The minimum atomic E-state index is -0.307. The topological polar surface area (TPSA) is 66.6 Å². The van der Waals surface area contributed by atoms with Gasteiger partial charge in [0.05, 0.1) is 10.0 Å². The predicted molar refractivity (Wildman–Crippen MR) is 84.7 cm³/mol. The molecule has 1 unspecified atom stereocenters. The molecule has 6 heteroatoms. The van der Waals surface area contributed by atoms with E-state index < -0.39 is 0 Å². The van der Waals surface area contributed by atoms with Crippen molar-refractivity contribution < 1.29 is 9.90 Å². The number of piperidine rings is 1. The van der Waals surface area contributed by atoms with Gasteiger partial charge in [0.25, 0.3) is 0 Å². The number of carbonyl (C=O) groups excluding carboxylic acids is 1. The molecule has 0 aromatic heterocycles. The number of amides is 1. The molecule has 1 atom stereocenters. The minimum absolute atomic E-state index is 0.0731. The van der Waals surface area contributed by atoms with Crippen molar-refractivity contribution in [2.75, 3.05) is 13.1 Å². The monoisotopic (exact) mass is 330 g/mol. The van der Waals surface area contributed by atoms with E-state index >= 15 is 0 Å². The Bertz CT molecular complexity index is 529. The van der Waals surface area contributed by atoms with Crippen LogP contribution in [0.2, 0.25) is 10.0 Å². The van der Waals surface area contributed by atoms with Gasteiger partial charge in [-0.3, -0.25) is 4.79 Å². The number of benzene rings is 1. The average Bonchev–Trinajstić information content (AvgIpc) is 2.49. The van der Waals surface area contributed by atoms with Gasteiger partial charge in [-0.05, 0) is 24.8 Å². The van der Waals surface area contributed by atoms with Crippen molar-refractivity contribution >= 4 is 29.1 Å². The van der Waals surface area contributed by atoms with Crippen LogP contribution in [0.25, 0.3) is 0 Å². The first-order chi connectivity index (χ1) is 9.93. The molecule has 4 nitrogen and oxygen atoms in total. The summed E-state index contributed by atoms with van der Waals surface area (Å²) < 4.78 is 0. The van der Waals surface area contributed by atoms with Gasteiger partial charge < -0.3 is 15.7 Å². The molecule has 1 fully saturated rings.